The molecule has 0 aromatic rings. The van der Waals surface area contributed by atoms with Crippen LogP contribution in [0.3, 0.4) is 0 Å². The molecule has 0 N–H and O–H groups in total. The summed E-state index contributed by atoms with van der Waals surface area (Å²) in [6, 6.07) is 0. The predicted octanol–water partition coefficient (Wildman–Crippen LogP) is 4.52. The van der Waals surface area contributed by atoms with Gasteiger partial charge in [0, 0.05) is 12.8 Å². The van der Waals surface area contributed by atoms with Gasteiger partial charge in [-0.1, -0.05) is 38.9 Å². The molecule has 2 aliphatic carbocycles. The zero-order chi connectivity index (χ0) is 12.3. The minimum absolute atomic E-state index is 0.419. The van der Waals surface area contributed by atoms with E-state index in [1.54, 1.807) is 0 Å². The van der Waals surface area contributed by atoms with Gasteiger partial charge in [-0.25, -0.2) is 0 Å². The summed E-state index contributed by atoms with van der Waals surface area (Å²) in [4.78, 5) is 0. The van der Waals surface area contributed by atoms with E-state index in [2.05, 4.69) is 13.2 Å². The van der Waals surface area contributed by atoms with E-state index in [4.69, 9.17) is 4.74 Å². The topological polar surface area (TPSA) is 9.23 Å². The molecular weight excluding hydrogens is 227 g/mol. The van der Waals surface area contributed by atoms with Crippen LogP contribution < -0.4 is 0 Å². The third kappa shape index (κ3) is 2.61. The molecule has 2 aliphatic rings. The summed E-state index contributed by atoms with van der Waals surface area (Å²) in [7, 11) is 3.28. The Balaban J connectivity index is 2.18. The highest BCUT2D eigenvalue weighted by molar-refractivity contribution is 7.37. The maximum Gasteiger partial charge on any atom is 0.0627 e. The van der Waals surface area contributed by atoms with E-state index in [1.165, 1.54) is 59.6 Å². The molecule has 0 saturated heterocycles. The van der Waals surface area contributed by atoms with Crippen LogP contribution in [0.25, 0.3) is 0 Å². The third-order valence-corrected chi connectivity index (χ3v) is 6.35. The first-order valence-corrected chi connectivity index (χ1v) is 8.36. The molecule has 1 nitrogen and oxygen atoms in total. The lowest BCUT2D eigenvalue weighted by Gasteiger charge is -2.49. The van der Waals surface area contributed by atoms with E-state index in [0.29, 0.717) is 11.5 Å². The Labute approximate surface area is 108 Å². The summed E-state index contributed by atoms with van der Waals surface area (Å²) >= 11 is 0. The van der Waals surface area contributed by atoms with Crippen molar-refractivity contribution >= 4 is 14.5 Å². The van der Waals surface area contributed by atoms with E-state index in [1.807, 2.05) is 7.11 Å². The van der Waals surface area contributed by atoms with Gasteiger partial charge in [-0.2, -0.15) is 0 Å². The lowest BCUT2D eigenvalue weighted by Crippen LogP contribution is -2.47. The Morgan fingerprint density at radius 2 is 1.82 bits per heavy atom. The zero-order valence-electron chi connectivity index (χ0n) is 11.5. The molecule has 0 heterocycles. The SMILES string of the molecule is C=PC1CCCCC1[C@@]1(C)CCCC[C@H]1OC. The van der Waals surface area contributed by atoms with Gasteiger partial charge in [-0.3, -0.25) is 0 Å². The molecule has 0 spiro atoms. The van der Waals surface area contributed by atoms with Gasteiger partial charge in [0.1, 0.15) is 0 Å². The second kappa shape index (κ2) is 5.85. The van der Waals surface area contributed by atoms with Crippen LogP contribution in [0.15, 0.2) is 0 Å². The standard InChI is InChI=1S/C15H27OP/c1-15(11-7-6-10-14(15)16-2)12-8-4-5-9-13(12)17-3/h12-14H,3-11H2,1-2H3/t12?,13?,14-,15-/m1/s1. The average molecular weight is 254 g/mol. The highest BCUT2D eigenvalue weighted by atomic mass is 31.1. The van der Waals surface area contributed by atoms with Gasteiger partial charge < -0.3 is 4.74 Å². The van der Waals surface area contributed by atoms with Crippen LogP contribution >= 0.6 is 8.20 Å². The number of hydrogen-bond acceptors (Lipinski definition) is 1. The quantitative estimate of drug-likeness (QED) is 0.673. The van der Waals surface area contributed by atoms with E-state index >= 15 is 0 Å². The van der Waals surface area contributed by atoms with Crippen LogP contribution in [0.2, 0.25) is 0 Å². The first kappa shape index (κ1) is 13.6. The minimum Gasteiger partial charge on any atom is -0.381 e. The van der Waals surface area contributed by atoms with E-state index in [0.717, 1.165) is 11.6 Å². The van der Waals surface area contributed by atoms with Crippen molar-refractivity contribution in [3.8, 4) is 0 Å². The summed E-state index contributed by atoms with van der Waals surface area (Å²) < 4.78 is 5.83. The van der Waals surface area contributed by atoms with Crippen LogP contribution in [0.4, 0.5) is 0 Å². The summed E-state index contributed by atoms with van der Waals surface area (Å²) in [5.41, 5.74) is 1.24. The minimum atomic E-state index is 0.419. The van der Waals surface area contributed by atoms with Gasteiger partial charge in [-0.15, -0.1) is 8.20 Å². The molecule has 17 heavy (non-hydrogen) atoms. The van der Waals surface area contributed by atoms with Crippen molar-refractivity contribution in [2.24, 2.45) is 11.3 Å². The summed E-state index contributed by atoms with van der Waals surface area (Å²) in [6.07, 6.45) is 15.7. The fourth-order valence-corrected chi connectivity index (χ4v) is 5.35. The fourth-order valence-electron chi connectivity index (χ4n) is 4.24. The Kier molecular flexibility index (Phi) is 4.66. The first-order chi connectivity index (χ1) is 8.22. The van der Waals surface area contributed by atoms with Crippen molar-refractivity contribution in [3.63, 3.8) is 0 Å². The van der Waals surface area contributed by atoms with Crippen LogP contribution in [-0.2, 0) is 4.74 Å². The molecule has 4 atom stereocenters. The zero-order valence-corrected chi connectivity index (χ0v) is 12.3. The molecule has 2 rings (SSSR count). The molecule has 0 amide bonds. The van der Waals surface area contributed by atoms with E-state index in [-0.39, 0.29) is 0 Å². The van der Waals surface area contributed by atoms with Crippen molar-refractivity contribution in [1.82, 2.24) is 0 Å². The van der Waals surface area contributed by atoms with Gasteiger partial charge in [-0.05, 0) is 37.0 Å². The Morgan fingerprint density at radius 1 is 1.12 bits per heavy atom. The second-order valence-corrected chi connectivity index (χ2v) is 7.15. The molecule has 0 aromatic heterocycles. The summed E-state index contributed by atoms with van der Waals surface area (Å²) in [5, 5.41) is 0. The van der Waals surface area contributed by atoms with Crippen molar-refractivity contribution < 1.29 is 4.74 Å². The average Bonchev–Trinajstić information content (AvgIpc) is 2.39. The van der Waals surface area contributed by atoms with Gasteiger partial charge in [0.25, 0.3) is 0 Å². The summed E-state index contributed by atoms with van der Waals surface area (Å²) in [5.74, 6) is 0.848. The monoisotopic (exact) mass is 254 g/mol. The van der Waals surface area contributed by atoms with Gasteiger partial charge in [0.2, 0.25) is 0 Å². The third-order valence-electron chi connectivity index (χ3n) is 5.26. The fraction of sp³-hybridized carbons (Fsp3) is 0.933. The van der Waals surface area contributed by atoms with E-state index in [9.17, 15) is 0 Å². The Morgan fingerprint density at radius 3 is 2.53 bits per heavy atom. The van der Waals surface area contributed by atoms with Crippen LogP contribution in [0, 0.1) is 11.3 Å². The van der Waals surface area contributed by atoms with Crippen molar-refractivity contribution in [2.45, 2.75) is 70.1 Å². The van der Waals surface area contributed by atoms with E-state index < -0.39 is 0 Å². The molecule has 2 unspecified atom stereocenters. The van der Waals surface area contributed by atoms with Crippen LogP contribution in [-0.4, -0.2) is 25.2 Å². The largest absolute Gasteiger partial charge is 0.381 e. The van der Waals surface area contributed by atoms with Crippen molar-refractivity contribution in [2.75, 3.05) is 7.11 Å². The molecule has 0 bridgehead atoms. The number of methoxy groups -OCH3 is 1. The van der Waals surface area contributed by atoms with Gasteiger partial charge in [0.05, 0.1) is 6.10 Å². The molecule has 2 heteroatoms. The predicted molar refractivity (Wildman–Crippen MR) is 77.2 cm³/mol. The molecule has 0 radical (unpaired) electrons. The lowest BCUT2D eigenvalue weighted by atomic mass is 9.61. The Bertz CT molecular complexity index is 266. The van der Waals surface area contributed by atoms with Gasteiger partial charge >= 0.3 is 0 Å². The normalized spacial score (nSPS) is 43.8. The summed E-state index contributed by atoms with van der Waals surface area (Å²) in [6.45, 7) is 2.49. The molecule has 98 valence electrons. The smallest absolute Gasteiger partial charge is 0.0627 e. The molecule has 2 saturated carbocycles. The highest BCUT2D eigenvalue weighted by Gasteiger charge is 2.46. The number of ether oxygens (including phenoxy) is 1. The molecule has 0 aliphatic heterocycles. The number of rotatable bonds is 3. The second-order valence-electron chi connectivity index (χ2n) is 6.12. The molecule has 0 aromatic carbocycles. The molecular formula is C15H27OP. The van der Waals surface area contributed by atoms with Crippen molar-refractivity contribution in [1.29, 1.82) is 0 Å². The maximum absolute atomic E-state index is 5.83. The number of hydrogen-bond donors (Lipinski definition) is 0. The Hall–Kier alpha value is 0.130. The van der Waals surface area contributed by atoms with Gasteiger partial charge in [0.15, 0.2) is 0 Å². The first-order valence-electron chi connectivity index (χ1n) is 7.21. The van der Waals surface area contributed by atoms with Crippen LogP contribution in [0.5, 0.6) is 0 Å². The molecule has 2 fully saturated rings. The van der Waals surface area contributed by atoms with Crippen molar-refractivity contribution in [3.05, 3.63) is 0 Å². The lowest BCUT2D eigenvalue weighted by molar-refractivity contribution is -0.0728. The van der Waals surface area contributed by atoms with Crippen LogP contribution in [0.1, 0.15) is 58.3 Å². The maximum atomic E-state index is 5.83. The highest BCUT2D eigenvalue weighted by Crippen LogP contribution is 2.51.